The van der Waals surface area contributed by atoms with Gasteiger partial charge in [-0.2, -0.15) is 0 Å². The van der Waals surface area contributed by atoms with E-state index in [2.05, 4.69) is 95.9 Å². The molecule has 4 aromatic carbocycles. The van der Waals surface area contributed by atoms with Gasteiger partial charge in [0.25, 0.3) is 11.1 Å². The van der Waals surface area contributed by atoms with Crippen LogP contribution in [-0.4, -0.2) is 78.8 Å². The number of benzene rings is 4. The second-order valence-electron chi connectivity index (χ2n) is 14.0. The minimum Gasteiger partial charge on any atom is -0.481 e. The molecule has 2 saturated heterocycles. The molecular formula is C43H37N3O7S2. The van der Waals surface area contributed by atoms with Crippen molar-refractivity contribution in [1.29, 1.82) is 0 Å². The number of carboxylic acid groups (broad SMARTS) is 2. The number of fused-ring (bicyclic) bond motifs is 3. The monoisotopic (exact) mass is 771 g/mol. The van der Waals surface area contributed by atoms with Crippen LogP contribution < -0.4 is 4.90 Å². The summed E-state index contributed by atoms with van der Waals surface area (Å²) in [5.41, 5.74) is 8.76. The lowest BCUT2D eigenvalue weighted by Gasteiger charge is -2.27. The van der Waals surface area contributed by atoms with Crippen LogP contribution in [0.3, 0.4) is 0 Å². The van der Waals surface area contributed by atoms with Crippen LogP contribution in [0.1, 0.15) is 59.4 Å². The zero-order valence-electron chi connectivity index (χ0n) is 29.6. The molecule has 8 rings (SSSR count). The molecule has 0 spiro atoms. The summed E-state index contributed by atoms with van der Waals surface area (Å²) >= 11 is 1.77. The van der Waals surface area contributed by atoms with Crippen LogP contribution in [0.15, 0.2) is 108 Å². The number of rotatable bonds is 11. The predicted octanol–water partition coefficient (Wildman–Crippen LogP) is 7.93. The van der Waals surface area contributed by atoms with Crippen molar-refractivity contribution in [2.75, 3.05) is 18.0 Å². The zero-order chi connectivity index (χ0) is 38.2. The summed E-state index contributed by atoms with van der Waals surface area (Å²) in [6.07, 6.45) is 6.76. The first-order valence-electron chi connectivity index (χ1n) is 18.2. The Morgan fingerprint density at radius 1 is 0.782 bits per heavy atom. The summed E-state index contributed by atoms with van der Waals surface area (Å²) in [7, 11) is 0. The second-order valence-corrected chi connectivity index (χ2v) is 16.2. The Kier molecular flexibility index (Phi) is 10.1. The molecule has 3 heterocycles. The van der Waals surface area contributed by atoms with E-state index in [1.807, 2.05) is 18.2 Å². The number of carbonyl (C=O) groups is 5. The van der Waals surface area contributed by atoms with E-state index in [1.54, 1.807) is 6.08 Å². The number of hydrogen-bond donors (Lipinski definition) is 2. The summed E-state index contributed by atoms with van der Waals surface area (Å²) in [5.74, 6) is -3.23. The third-order valence-corrected chi connectivity index (χ3v) is 13.2. The lowest BCUT2D eigenvalue weighted by atomic mass is 9.95. The first-order valence-corrected chi connectivity index (χ1v) is 19.9. The minimum absolute atomic E-state index is 0.280. The number of amides is 3. The summed E-state index contributed by atoms with van der Waals surface area (Å²) < 4.78 is 0. The molecule has 0 radical (unpaired) electrons. The third-order valence-electron chi connectivity index (χ3n) is 10.6. The summed E-state index contributed by atoms with van der Waals surface area (Å²) in [6, 6.07) is 35.9. The molecule has 2 N–H and O–H groups in total. The summed E-state index contributed by atoms with van der Waals surface area (Å²) in [4.78, 5) is 67.2. The van der Waals surface area contributed by atoms with Gasteiger partial charge in [0.1, 0.15) is 17.2 Å². The predicted molar refractivity (Wildman–Crippen MR) is 215 cm³/mol. The Bertz CT molecular complexity index is 2200. The lowest BCUT2D eigenvalue weighted by Crippen LogP contribution is -2.45. The molecule has 1 aliphatic carbocycles. The molecule has 1 saturated carbocycles. The zero-order valence-corrected chi connectivity index (χ0v) is 31.2. The molecule has 4 aromatic rings. The van der Waals surface area contributed by atoms with E-state index in [4.69, 9.17) is 5.11 Å². The normalized spacial score (nSPS) is 22.4. The molecule has 4 unspecified atom stereocenters. The van der Waals surface area contributed by atoms with E-state index in [-0.39, 0.29) is 11.4 Å². The van der Waals surface area contributed by atoms with Gasteiger partial charge >= 0.3 is 11.9 Å². The van der Waals surface area contributed by atoms with Crippen molar-refractivity contribution in [3.63, 3.8) is 0 Å². The van der Waals surface area contributed by atoms with Crippen LogP contribution >= 0.6 is 23.5 Å². The van der Waals surface area contributed by atoms with Gasteiger partial charge in [0.15, 0.2) is 0 Å². The summed E-state index contributed by atoms with van der Waals surface area (Å²) in [5, 5.41) is 16.1. The average molecular weight is 772 g/mol. The van der Waals surface area contributed by atoms with Gasteiger partial charge in [-0.25, -0.2) is 0 Å². The molecule has 3 fully saturated rings. The topological polar surface area (TPSA) is 136 Å². The molecule has 3 amide bonds. The van der Waals surface area contributed by atoms with Gasteiger partial charge in [0.2, 0.25) is 5.91 Å². The Labute approximate surface area is 326 Å². The largest absolute Gasteiger partial charge is 0.481 e. The number of carbonyl (C=O) groups excluding carboxylic acids is 3. The standard InChI is InChI=1S/C43H37N3O7S2/c47-37(48)20-21-44-41(52)39(55-43(44)53)42-45(25-38(49)50)40(51)36(54-42)24-27-16-19-35-33(23-27)31-12-7-13-34(31)46(35)30-17-14-26(15-18-30)22-32(28-8-3-1-4-9-28)29-10-5-2-6-11-29/h1-6,8-11,14-19,22-24,31,34,39,42H,7,12-13,20-21,25H2,(H,47,48)(H,49,50)/b36-24-. The SMILES string of the molecule is O=C(O)CCN1C(=O)SC(C2S/C(=C\c3ccc4c(c3)C3CCCC3N4c3ccc(C=C(c4ccccc4)c4ccccc4)cc3)C(=O)N2CC(=O)O)C1=O. The van der Waals surface area contributed by atoms with Gasteiger partial charge in [-0.15, -0.1) is 0 Å². The Morgan fingerprint density at radius 2 is 1.45 bits per heavy atom. The maximum atomic E-state index is 13.7. The third kappa shape index (κ3) is 7.19. The molecular weight excluding hydrogens is 735 g/mol. The number of hydrogen-bond acceptors (Lipinski definition) is 8. The van der Waals surface area contributed by atoms with E-state index in [0.29, 0.717) is 23.7 Å². The maximum absolute atomic E-state index is 13.7. The van der Waals surface area contributed by atoms with Crippen molar-refractivity contribution in [1.82, 2.24) is 9.80 Å². The van der Waals surface area contributed by atoms with Crippen LogP contribution in [0.25, 0.3) is 17.7 Å². The highest BCUT2D eigenvalue weighted by Gasteiger charge is 2.51. The summed E-state index contributed by atoms with van der Waals surface area (Å²) in [6.45, 7) is -0.929. The quantitative estimate of drug-likeness (QED) is 0.114. The number of anilines is 2. The van der Waals surface area contributed by atoms with Gasteiger partial charge in [0, 0.05) is 29.9 Å². The molecule has 10 nitrogen and oxygen atoms in total. The Morgan fingerprint density at radius 3 is 2.11 bits per heavy atom. The highest BCUT2D eigenvalue weighted by molar-refractivity contribution is 8.16. The van der Waals surface area contributed by atoms with Crippen molar-refractivity contribution in [3.8, 4) is 0 Å². The van der Waals surface area contributed by atoms with E-state index in [9.17, 15) is 29.1 Å². The van der Waals surface area contributed by atoms with Crippen LogP contribution in [0.4, 0.5) is 16.2 Å². The first-order chi connectivity index (χ1) is 26.7. The van der Waals surface area contributed by atoms with E-state index >= 15 is 0 Å². The number of thioether (sulfide) groups is 2. The average Bonchev–Trinajstić information content (AvgIpc) is 3.93. The van der Waals surface area contributed by atoms with Gasteiger partial charge in [-0.05, 0) is 94.4 Å². The van der Waals surface area contributed by atoms with E-state index in [1.165, 1.54) is 5.56 Å². The lowest BCUT2D eigenvalue weighted by molar-refractivity contribution is -0.143. The van der Waals surface area contributed by atoms with Crippen molar-refractivity contribution < 1.29 is 34.2 Å². The molecule has 4 aliphatic rings. The maximum Gasteiger partial charge on any atom is 0.323 e. The molecule has 3 aliphatic heterocycles. The fraction of sp³-hybridized carbons (Fsp3) is 0.233. The van der Waals surface area contributed by atoms with Gasteiger partial charge in [-0.1, -0.05) is 97.0 Å². The molecule has 12 heteroatoms. The Balaban J connectivity index is 1.06. The molecule has 0 aromatic heterocycles. The van der Waals surface area contributed by atoms with Crippen LogP contribution in [0.2, 0.25) is 0 Å². The number of imide groups is 1. The highest BCUT2D eigenvalue weighted by atomic mass is 32.2. The van der Waals surface area contributed by atoms with E-state index < -0.39 is 52.6 Å². The molecule has 55 heavy (non-hydrogen) atoms. The number of nitrogens with zero attached hydrogens (tertiary/aromatic N) is 3. The van der Waals surface area contributed by atoms with Crippen LogP contribution in [0, 0.1) is 0 Å². The number of aliphatic carboxylic acids is 2. The molecule has 0 bridgehead atoms. The van der Waals surface area contributed by atoms with Gasteiger partial charge in [0.05, 0.1) is 11.3 Å². The van der Waals surface area contributed by atoms with Crippen molar-refractivity contribution >= 4 is 81.6 Å². The fourth-order valence-electron chi connectivity index (χ4n) is 8.10. The second kappa shape index (κ2) is 15.3. The van der Waals surface area contributed by atoms with Crippen LogP contribution in [0.5, 0.6) is 0 Å². The molecule has 278 valence electrons. The van der Waals surface area contributed by atoms with Crippen molar-refractivity contribution in [3.05, 3.63) is 136 Å². The first kappa shape index (κ1) is 36.4. The minimum atomic E-state index is -1.24. The number of carboxylic acids is 2. The van der Waals surface area contributed by atoms with Crippen LogP contribution in [-0.2, 0) is 19.2 Å². The van der Waals surface area contributed by atoms with Crippen molar-refractivity contribution in [2.24, 2.45) is 0 Å². The smallest absolute Gasteiger partial charge is 0.323 e. The highest BCUT2D eigenvalue weighted by Crippen LogP contribution is 2.53. The van der Waals surface area contributed by atoms with E-state index in [0.717, 1.165) is 80.0 Å². The van der Waals surface area contributed by atoms with Gasteiger partial charge < -0.3 is 20.0 Å². The molecule has 4 atom stereocenters. The fourth-order valence-corrected chi connectivity index (χ4v) is 10.7. The van der Waals surface area contributed by atoms with Gasteiger partial charge in [-0.3, -0.25) is 28.9 Å². The van der Waals surface area contributed by atoms with Crippen molar-refractivity contribution in [2.45, 2.75) is 48.3 Å². The Hall–Kier alpha value is -5.59.